The Morgan fingerprint density at radius 3 is 2.71 bits per heavy atom. The van der Waals surface area contributed by atoms with Gasteiger partial charge in [-0.25, -0.2) is 0 Å². The van der Waals surface area contributed by atoms with Crippen molar-refractivity contribution in [3.63, 3.8) is 0 Å². The molecule has 2 heterocycles. The molecule has 0 unspecified atom stereocenters. The van der Waals surface area contributed by atoms with Crippen molar-refractivity contribution in [2.75, 3.05) is 5.32 Å². The average molecular weight is 188 g/mol. The Hall–Kier alpha value is -2.10. The van der Waals surface area contributed by atoms with Crippen molar-refractivity contribution >= 4 is 11.6 Å². The Kier molecular flexibility index (Phi) is 2.27. The lowest BCUT2D eigenvalue weighted by Crippen LogP contribution is -2.10. The van der Waals surface area contributed by atoms with Gasteiger partial charge < -0.3 is 9.73 Å². The van der Waals surface area contributed by atoms with Crippen LogP contribution in [0.3, 0.4) is 0 Å². The zero-order valence-corrected chi connectivity index (χ0v) is 7.31. The summed E-state index contributed by atoms with van der Waals surface area (Å²) in [5.74, 6) is -0.190. The fourth-order valence-corrected chi connectivity index (χ4v) is 1.03. The number of aromatic nitrogens is 1. The first-order valence-corrected chi connectivity index (χ1v) is 4.10. The van der Waals surface area contributed by atoms with Gasteiger partial charge in [-0.1, -0.05) is 0 Å². The molecule has 0 fully saturated rings. The molecular weight excluding hydrogens is 180 g/mol. The second kappa shape index (κ2) is 3.74. The van der Waals surface area contributed by atoms with Crippen LogP contribution < -0.4 is 5.32 Å². The van der Waals surface area contributed by atoms with Crippen LogP contribution in [0.25, 0.3) is 0 Å². The van der Waals surface area contributed by atoms with Crippen molar-refractivity contribution in [1.82, 2.24) is 4.98 Å². The summed E-state index contributed by atoms with van der Waals surface area (Å²) in [5.41, 5.74) is 1.22. The normalized spacial score (nSPS) is 9.71. The molecule has 14 heavy (non-hydrogen) atoms. The third-order valence-corrected chi connectivity index (χ3v) is 1.72. The zero-order chi connectivity index (χ0) is 9.80. The Bertz CT molecular complexity index is 409. The van der Waals surface area contributed by atoms with Gasteiger partial charge in [0.1, 0.15) is 6.26 Å². The topological polar surface area (TPSA) is 55.1 Å². The number of hydrogen-bond donors (Lipinski definition) is 1. The molecule has 0 saturated carbocycles. The number of pyridine rings is 1. The van der Waals surface area contributed by atoms with E-state index in [4.69, 9.17) is 4.42 Å². The van der Waals surface area contributed by atoms with Crippen LogP contribution in [0.1, 0.15) is 10.4 Å². The van der Waals surface area contributed by atoms with Crippen LogP contribution in [0.5, 0.6) is 0 Å². The van der Waals surface area contributed by atoms with E-state index < -0.39 is 0 Å². The van der Waals surface area contributed by atoms with E-state index in [1.165, 1.54) is 12.5 Å². The van der Waals surface area contributed by atoms with Crippen molar-refractivity contribution in [3.05, 3.63) is 48.7 Å². The number of rotatable bonds is 2. The minimum atomic E-state index is -0.190. The molecule has 0 atom stereocenters. The van der Waals surface area contributed by atoms with Crippen LogP contribution in [0.4, 0.5) is 5.69 Å². The molecule has 0 radical (unpaired) electrons. The van der Waals surface area contributed by atoms with Crippen LogP contribution in [-0.2, 0) is 0 Å². The number of anilines is 1. The Labute approximate surface area is 80.6 Å². The van der Waals surface area contributed by atoms with Gasteiger partial charge in [-0.3, -0.25) is 9.78 Å². The first-order valence-electron chi connectivity index (χ1n) is 4.10. The summed E-state index contributed by atoms with van der Waals surface area (Å²) in [6.45, 7) is 0. The maximum atomic E-state index is 11.5. The van der Waals surface area contributed by atoms with Gasteiger partial charge in [0, 0.05) is 18.1 Å². The molecule has 0 aliphatic rings. The van der Waals surface area contributed by atoms with Crippen LogP contribution in [0.15, 0.2) is 47.5 Å². The van der Waals surface area contributed by atoms with Crippen molar-refractivity contribution in [1.29, 1.82) is 0 Å². The number of amides is 1. The number of carbonyl (C=O) groups excluding carboxylic acids is 1. The van der Waals surface area contributed by atoms with E-state index in [9.17, 15) is 4.79 Å². The van der Waals surface area contributed by atoms with E-state index in [-0.39, 0.29) is 5.91 Å². The van der Waals surface area contributed by atoms with E-state index in [2.05, 4.69) is 10.3 Å². The second-order valence-corrected chi connectivity index (χ2v) is 2.70. The van der Waals surface area contributed by atoms with E-state index in [1.54, 1.807) is 30.6 Å². The highest BCUT2D eigenvalue weighted by Crippen LogP contribution is 2.07. The van der Waals surface area contributed by atoms with Crippen LogP contribution in [0.2, 0.25) is 0 Å². The molecule has 1 N–H and O–H groups in total. The minimum absolute atomic E-state index is 0.190. The third kappa shape index (κ3) is 1.80. The van der Waals surface area contributed by atoms with Crippen molar-refractivity contribution < 1.29 is 9.21 Å². The Morgan fingerprint density at radius 2 is 2.07 bits per heavy atom. The largest absolute Gasteiger partial charge is 0.472 e. The molecule has 0 aliphatic heterocycles. The second-order valence-electron chi connectivity index (χ2n) is 2.70. The number of carbonyl (C=O) groups is 1. The molecule has 4 nitrogen and oxygen atoms in total. The molecular formula is C10H8N2O2. The van der Waals surface area contributed by atoms with E-state index >= 15 is 0 Å². The molecule has 0 saturated heterocycles. The van der Waals surface area contributed by atoms with Gasteiger partial charge in [-0.15, -0.1) is 0 Å². The first-order chi connectivity index (χ1) is 6.86. The van der Waals surface area contributed by atoms with E-state index in [0.29, 0.717) is 11.3 Å². The lowest BCUT2D eigenvalue weighted by molar-refractivity contribution is 0.102. The fraction of sp³-hybridized carbons (Fsp3) is 0. The highest BCUT2D eigenvalue weighted by atomic mass is 16.3. The number of nitrogens with one attached hydrogen (secondary N) is 1. The van der Waals surface area contributed by atoms with Gasteiger partial charge in [-0.05, 0) is 18.2 Å². The number of nitrogens with zero attached hydrogens (tertiary/aromatic N) is 1. The minimum Gasteiger partial charge on any atom is -0.472 e. The van der Waals surface area contributed by atoms with Gasteiger partial charge >= 0.3 is 0 Å². The van der Waals surface area contributed by atoms with Crippen molar-refractivity contribution in [2.24, 2.45) is 0 Å². The monoisotopic (exact) mass is 188 g/mol. The maximum Gasteiger partial charge on any atom is 0.258 e. The summed E-state index contributed by atoms with van der Waals surface area (Å²) in [4.78, 5) is 15.3. The Morgan fingerprint density at radius 1 is 1.29 bits per heavy atom. The van der Waals surface area contributed by atoms with Gasteiger partial charge in [0.2, 0.25) is 0 Å². The summed E-state index contributed by atoms with van der Waals surface area (Å²) in [7, 11) is 0. The molecule has 1 amide bonds. The molecule has 70 valence electrons. The molecule has 0 aliphatic carbocycles. The smallest absolute Gasteiger partial charge is 0.258 e. The van der Waals surface area contributed by atoms with Crippen LogP contribution in [0, 0.1) is 0 Å². The highest BCUT2D eigenvalue weighted by Gasteiger charge is 2.05. The summed E-state index contributed by atoms with van der Waals surface area (Å²) in [6.07, 6.45) is 6.09. The zero-order valence-electron chi connectivity index (χ0n) is 7.31. The van der Waals surface area contributed by atoms with Crippen molar-refractivity contribution in [2.45, 2.75) is 0 Å². The number of furan rings is 1. The SMILES string of the molecule is O=C(Nc1ccncc1)c1ccoc1. The lowest BCUT2D eigenvalue weighted by Gasteiger charge is -2.01. The molecule has 2 rings (SSSR count). The fourth-order valence-electron chi connectivity index (χ4n) is 1.03. The maximum absolute atomic E-state index is 11.5. The third-order valence-electron chi connectivity index (χ3n) is 1.72. The van der Waals surface area contributed by atoms with Gasteiger partial charge in [0.15, 0.2) is 0 Å². The summed E-state index contributed by atoms with van der Waals surface area (Å²) in [6, 6.07) is 5.05. The molecule has 2 aromatic rings. The molecule has 0 bridgehead atoms. The van der Waals surface area contributed by atoms with Gasteiger partial charge in [0.05, 0.1) is 11.8 Å². The standard InChI is InChI=1S/C10H8N2O2/c13-10(8-3-6-14-7-8)12-9-1-4-11-5-2-9/h1-7H,(H,11,12,13). The van der Waals surface area contributed by atoms with Crippen LogP contribution >= 0.6 is 0 Å². The van der Waals surface area contributed by atoms with Crippen LogP contribution in [-0.4, -0.2) is 10.9 Å². The average Bonchev–Trinajstić information content (AvgIpc) is 2.72. The molecule has 0 spiro atoms. The van der Waals surface area contributed by atoms with E-state index in [1.807, 2.05) is 0 Å². The van der Waals surface area contributed by atoms with Gasteiger partial charge in [0.25, 0.3) is 5.91 Å². The van der Waals surface area contributed by atoms with Gasteiger partial charge in [-0.2, -0.15) is 0 Å². The van der Waals surface area contributed by atoms with E-state index in [0.717, 1.165) is 0 Å². The summed E-state index contributed by atoms with van der Waals surface area (Å²) < 4.78 is 4.80. The molecule has 4 heteroatoms. The molecule has 0 aromatic carbocycles. The highest BCUT2D eigenvalue weighted by molar-refractivity contribution is 6.03. The molecule has 2 aromatic heterocycles. The predicted octanol–water partition coefficient (Wildman–Crippen LogP) is 1.93. The lowest BCUT2D eigenvalue weighted by atomic mass is 10.3. The number of hydrogen-bond acceptors (Lipinski definition) is 3. The predicted molar refractivity (Wildman–Crippen MR) is 50.9 cm³/mol. The summed E-state index contributed by atoms with van der Waals surface area (Å²) >= 11 is 0. The summed E-state index contributed by atoms with van der Waals surface area (Å²) in [5, 5.41) is 2.71. The Balaban J connectivity index is 2.10. The quantitative estimate of drug-likeness (QED) is 0.783. The first kappa shape index (κ1) is 8.50. The van der Waals surface area contributed by atoms with Crippen molar-refractivity contribution in [3.8, 4) is 0 Å².